The van der Waals surface area contributed by atoms with Crippen LogP contribution in [0.3, 0.4) is 0 Å². The first-order valence-corrected chi connectivity index (χ1v) is 10.0. The molecular weight excluding hydrogens is 380 g/mol. The van der Waals surface area contributed by atoms with Crippen LogP contribution in [0.15, 0.2) is 53.0 Å². The topological polar surface area (TPSA) is 39.4 Å². The van der Waals surface area contributed by atoms with Crippen LogP contribution in [0, 0.1) is 6.92 Å². The van der Waals surface area contributed by atoms with Gasteiger partial charge in [0, 0.05) is 9.90 Å². The Morgan fingerprint density at radius 3 is 2.85 bits per heavy atom. The van der Waals surface area contributed by atoms with Crippen molar-refractivity contribution >= 4 is 34.8 Å². The van der Waals surface area contributed by atoms with Gasteiger partial charge < -0.3 is 9.15 Å². The molecule has 0 bridgehead atoms. The largest absolute Gasteiger partial charge is 0.486 e. The molecule has 27 heavy (non-hydrogen) atoms. The number of allylic oxidation sites excluding steroid dienone is 1. The number of hydrogen-bond acceptors (Lipinski definition) is 4. The third-order valence-corrected chi connectivity index (χ3v) is 5.58. The summed E-state index contributed by atoms with van der Waals surface area (Å²) in [7, 11) is 0. The van der Waals surface area contributed by atoms with E-state index in [9.17, 15) is 4.79 Å². The molecule has 0 atom stereocenters. The standard InChI is InChI=1S/C22H21ClO3S/c1-3-4-19-9-12-22(27-19)21(24)11-8-16-5-6-18(26-16)14-25-17-7-10-20(23)15(2)13-17/h5-13H,3-4,14H2,1-2H3/b11-8+. The summed E-state index contributed by atoms with van der Waals surface area (Å²) < 4.78 is 11.4. The Hall–Kier alpha value is -2.30. The van der Waals surface area contributed by atoms with Gasteiger partial charge in [0.05, 0.1) is 4.88 Å². The summed E-state index contributed by atoms with van der Waals surface area (Å²) in [5, 5.41) is 0.713. The maximum absolute atomic E-state index is 12.3. The highest BCUT2D eigenvalue weighted by Gasteiger charge is 2.07. The molecule has 1 aromatic carbocycles. The number of benzene rings is 1. The van der Waals surface area contributed by atoms with Gasteiger partial charge in [-0.15, -0.1) is 11.3 Å². The van der Waals surface area contributed by atoms with Crippen molar-refractivity contribution in [1.29, 1.82) is 0 Å². The fraction of sp³-hybridized carbons (Fsp3) is 0.227. The highest BCUT2D eigenvalue weighted by atomic mass is 35.5. The van der Waals surface area contributed by atoms with Crippen LogP contribution in [0.5, 0.6) is 5.75 Å². The first kappa shape index (κ1) is 19.5. The molecule has 0 aliphatic rings. The van der Waals surface area contributed by atoms with Gasteiger partial charge in [0.25, 0.3) is 0 Å². The SMILES string of the molecule is CCCc1ccc(C(=O)/C=C/c2ccc(COc3ccc(Cl)c(C)c3)o2)s1. The van der Waals surface area contributed by atoms with Crippen molar-refractivity contribution in [3.63, 3.8) is 0 Å². The summed E-state index contributed by atoms with van der Waals surface area (Å²) in [4.78, 5) is 14.3. The molecule has 3 aromatic rings. The van der Waals surface area contributed by atoms with Gasteiger partial charge in [0.2, 0.25) is 0 Å². The molecular formula is C22H21ClO3S. The van der Waals surface area contributed by atoms with Crippen LogP contribution in [0.1, 0.15) is 45.0 Å². The average Bonchev–Trinajstić information content (AvgIpc) is 3.30. The van der Waals surface area contributed by atoms with Crippen molar-refractivity contribution in [2.45, 2.75) is 33.3 Å². The molecule has 0 fully saturated rings. The van der Waals surface area contributed by atoms with E-state index in [4.69, 9.17) is 20.8 Å². The highest BCUT2D eigenvalue weighted by Crippen LogP contribution is 2.23. The van der Waals surface area contributed by atoms with Crippen molar-refractivity contribution in [2.24, 2.45) is 0 Å². The van der Waals surface area contributed by atoms with Crippen molar-refractivity contribution in [3.05, 3.63) is 80.4 Å². The minimum absolute atomic E-state index is 0.00630. The molecule has 0 aliphatic heterocycles. The third-order valence-electron chi connectivity index (χ3n) is 3.99. The maximum Gasteiger partial charge on any atom is 0.195 e. The predicted molar refractivity (Wildman–Crippen MR) is 111 cm³/mol. The molecule has 0 saturated heterocycles. The Labute approximate surface area is 168 Å². The van der Waals surface area contributed by atoms with Crippen LogP contribution < -0.4 is 4.74 Å². The summed E-state index contributed by atoms with van der Waals surface area (Å²) in [6, 6.07) is 13.1. The van der Waals surface area contributed by atoms with Crippen molar-refractivity contribution in [3.8, 4) is 5.75 Å². The Morgan fingerprint density at radius 2 is 2.07 bits per heavy atom. The lowest BCUT2D eigenvalue weighted by molar-refractivity contribution is 0.105. The Morgan fingerprint density at radius 1 is 1.22 bits per heavy atom. The first-order valence-electron chi connectivity index (χ1n) is 8.84. The van der Waals surface area contributed by atoms with Gasteiger partial charge in [-0.25, -0.2) is 0 Å². The van der Waals surface area contributed by atoms with Crippen LogP contribution >= 0.6 is 22.9 Å². The first-order chi connectivity index (χ1) is 13.0. The smallest absolute Gasteiger partial charge is 0.195 e. The van der Waals surface area contributed by atoms with E-state index in [0.717, 1.165) is 29.0 Å². The average molecular weight is 401 g/mol. The fourth-order valence-electron chi connectivity index (χ4n) is 2.55. The third kappa shape index (κ3) is 5.34. The number of furan rings is 1. The van der Waals surface area contributed by atoms with Crippen molar-refractivity contribution in [2.75, 3.05) is 0 Å². The number of hydrogen-bond donors (Lipinski definition) is 0. The summed E-state index contributed by atoms with van der Waals surface area (Å²) in [6.45, 7) is 4.38. The number of aryl methyl sites for hydroxylation is 2. The van der Waals surface area contributed by atoms with E-state index < -0.39 is 0 Å². The van der Waals surface area contributed by atoms with Gasteiger partial charge in [-0.05, 0) is 73.5 Å². The van der Waals surface area contributed by atoms with E-state index >= 15 is 0 Å². The van der Waals surface area contributed by atoms with Crippen LogP contribution in [0.4, 0.5) is 0 Å². The zero-order valence-electron chi connectivity index (χ0n) is 15.3. The molecule has 0 aliphatic carbocycles. The second-order valence-corrected chi connectivity index (χ2v) is 7.79. The van der Waals surface area contributed by atoms with Crippen molar-refractivity contribution < 1.29 is 13.9 Å². The van der Waals surface area contributed by atoms with Gasteiger partial charge in [-0.1, -0.05) is 24.9 Å². The van der Waals surface area contributed by atoms with E-state index in [1.165, 1.54) is 4.88 Å². The van der Waals surface area contributed by atoms with E-state index in [2.05, 4.69) is 6.92 Å². The Bertz CT molecular complexity index is 952. The summed E-state index contributed by atoms with van der Waals surface area (Å²) in [5.74, 6) is 2.05. The number of thiophene rings is 1. The van der Waals surface area contributed by atoms with Gasteiger partial charge in [-0.2, -0.15) is 0 Å². The fourth-order valence-corrected chi connectivity index (χ4v) is 3.70. The summed E-state index contributed by atoms with van der Waals surface area (Å²) in [6.07, 6.45) is 5.33. The number of halogens is 1. The van der Waals surface area contributed by atoms with Gasteiger partial charge in [0.15, 0.2) is 5.78 Å². The molecule has 0 N–H and O–H groups in total. The van der Waals surface area contributed by atoms with Gasteiger partial charge in [-0.3, -0.25) is 4.79 Å². The molecule has 0 amide bonds. The van der Waals surface area contributed by atoms with E-state index in [-0.39, 0.29) is 5.78 Å². The van der Waals surface area contributed by atoms with Crippen molar-refractivity contribution in [1.82, 2.24) is 0 Å². The minimum Gasteiger partial charge on any atom is -0.486 e. The van der Waals surface area contributed by atoms with E-state index in [0.29, 0.717) is 23.2 Å². The van der Waals surface area contributed by atoms with Crippen LogP contribution in [-0.4, -0.2) is 5.78 Å². The highest BCUT2D eigenvalue weighted by molar-refractivity contribution is 7.14. The molecule has 0 radical (unpaired) electrons. The monoisotopic (exact) mass is 400 g/mol. The van der Waals surface area contributed by atoms with Gasteiger partial charge in [0.1, 0.15) is 23.9 Å². The number of ketones is 1. The quantitative estimate of drug-likeness (QED) is 0.311. The van der Waals surface area contributed by atoms with Crippen LogP contribution in [0.2, 0.25) is 5.02 Å². The molecule has 3 rings (SSSR count). The van der Waals surface area contributed by atoms with Crippen LogP contribution in [-0.2, 0) is 13.0 Å². The van der Waals surface area contributed by atoms with E-state index in [1.54, 1.807) is 23.5 Å². The lowest BCUT2D eigenvalue weighted by Gasteiger charge is -2.05. The molecule has 2 aromatic heterocycles. The lowest BCUT2D eigenvalue weighted by atomic mass is 10.2. The van der Waals surface area contributed by atoms with Crippen LogP contribution in [0.25, 0.3) is 6.08 Å². The lowest BCUT2D eigenvalue weighted by Crippen LogP contribution is -1.94. The minimum atomic E-state index is -0.00630. The molecule has 2 heterocycles. The number of ether oxygens (including phenoxy) is 1. The maximum atomic E-state index is 12.3. The second kappa shape index (κ2) is 9.07. The van der Waals surface area contributed by atoms with E-state index in [1.807, 2.05) is 49.4 Å². The summed E-state index contributed by atoms with van der Waals surface area (Å²) in [5.41, 5.74) is 0.964. The second-order valence-electron chi connectivity index (χ2n) is 6.22. The zero-order chi connectivity index (χ0) is 19.2. The molecule has 0 saturated carbocycles. The molecule has 5 heteroatoms. The Balaban J connectivity index is 1.57. The molecule has 0 unspecified atom stereocenters. The normalized spacial score (nSPS) is 11.2. The summed E-state index contributed by atoms with van der Waals surface area (Å²) >= 11 is 7.57. The number of carbonyl (C=O) groups is 1. The molecule has 140 valence electrons. The Kier molecular flexibility index (Phi) is 6.54. The molecule has 0 spiro atoms. The zero-order valence-corrected chi connectivity index (χ0v) is 16.9. The molecule has 3 nitrogen and oxygen atoms in total. The predicted octanol–water partition coefficient (Wildman–Crippen LogP) is 6.73. The van der Waals surface area contributed by atoms with Gasteiger partial charge >= 0.3 is 0 Å². The number of carbonyl (C=O) groups excluding carboxylic acids is 1. The number of rotatable bonds is 8.